The molecule has 0 saturated heterocycles. The first kappa shape index (κ1) is 16.1. The van der Waals surface area contributed by atoms with Crippen molar-refractivity contribution in [3.05, 3.63) is 76.6 Å². The van der Waals surface area contributed by atoms with E-state index in [1.54, 1.807) is 24.3 Å². The molecule has 0 radical (unpaired) electrons. The Kier molecular flexibility index (Phi) is 4.82. The Morgan fingerprint density at radius 3 is 2.50 bits per heavy atom. The molecule has 0 atom stereocenters. The maximum Gasteiger partial charge on any atom is 0.255 e. The van der Waals surface area contributed by atoms with E-state index in [0.29, 0.717) is 22.8 Å². The monoisotopic (exact) mass is 341 g/mol. The normalized spacial score (nSPS) is 10.4. The molecule has 0 aliphatic heterocycles. The smallest absolute Gasteiger partial charge is 0.255 e. The van der Waals surface area contributed by atoms with Gasteiger partial charge in [0.05, 0.1) is 17.9 Å². The summed E-state index contributed by atoms with van der Waals surface area (Å²) in [5.74, 6) is 0.564. The molecule has 0 aliphatic rings. The average Bonchev–Trinajstić information content (AvgIpc) is 3.00. The number of aryl methyl sites for hydroxylation is 1. The van der Waals surface area contributed by atoms with Crippen LogP contribution < -0.4 is 10.6 Å². The van der Waals surface area contributed by atoms with Crippen LogP contribution in [0.5, 0.6) is 0 Å². The van der Waals surface area contributed by atoms with Gasteiger partial charge in [0.1, 0.15) is 11.5 Å². The topological polar surface area (TPSA) is 67.2 Å². The predicted octanol–water partition coefficient (Wildman–Crippen LogP) is 4.50. The molecular weight excluding hydrogens is 326 g/mol. The number of rotatable bonds is 5. The summed E-state index contributed by atoms with van der Waals surface area (Å²) in [6, 6.07) is 16.1. The maximum atomic E-state index is 12.3. The second-order valence-corrected chi connectivity index (χ2v) is 5.73. The lowest BCUT2D eigenvalue weighted by Crippen LogP contribution is -2.13. The number of carbonyl (C=O) groups excluding carboxylic acids is 1. The molecule has 5 nitrogen and oxygen atoms in total. The number of aromatic nitrogens is 1. The number of hydrogen-bond donors (Lipinski definition) is 2. The molecule has 0 spiro atoms. The van der Waals surface area contributed by atoms with Crippen molar-refractivity contribution in [2.45, 2.75) is 13.5 Å². The molecule has 3 aromatic rings. The van der Waals surface area contributed by atoms with E-state index < -0.39 is 0 Å². The second-order valence-electron chi connectivity index (χ2n) is 5.29. The van der Waals surface area contributed by atoms with Crippen molar-refractivity contribution in [3.8, 4) is 0 Å². The van der Waals surface area contributed by atoms with Crippen molar-refractivity contribution in [2.24, 2.45) is 0 Å². The summed E-state index contributed by atoms with van der Waals surface area (Å²) in [6.45, 7) is 2.35. The average molecular weight is 342 g/mol. The van der Waals surface area contributed by atoms with E-state index in [2.05, 4.69) is 15.8 Å². The van der Waals surface area contributed by atoms with Crippen LogP contribution in [0.2, 0.25) is 5.02 Å². The highest BCUT2D eigenvalue weighted by Gasteiger charge is 2.09. The summed E-state index contributed by atoms with van der Waals surface area (Å²) in [4.78, 5) is 12.3. The van der Waals surface area contributed by atoms with Crippen LogP contribution in [-0.4, -0.2) is 11.1 Å². The van der Waals surface area contributed by atoms with Gasteiger partial charge in [-0.25, -0.2) is 0 Å². The Morgan fingerprint density at radius 2 is 1.83 bits per heavy atom. The van der Waals surface area contributed by atoms with Gasteiger partial charge in [-0.1, -0.05) is 28.9 Å². The first-order valence-electron chi connectivity index (χ1n) is 7.44. The molecule has 1 amide bonds. The number of nitrogens with zero attached hydrogens (tertiary/aromatic N) is 1. The largest absolute Gasteiger partial charge is 0.378 e. The summed E-state index contributed by atoms with van der Waals surface area (Å²) in [5.41, 5.74) is 2.84. The van der Waals surface area contributed by atoms with Crippen LogP contribution in [0.1, 0.15) is 21.8 Å². The number of anilines is 2. The lowest BCUT2D eigenvalue weighted by molar-refractivity contribution is 0.102. The minimum absolute atomic E-state index is 0.196. The number of para-hydroxylation sites is 2. The summed E-state index contributed by atoms with van der Waals surface area (Å²) in [7, 11) is 0. The highest BCUT2D eigenvalue weighted by atomic mass is 35.5. The molecule has 1 aromatic heterocycles. The number of hydrogen-bond acceptors (Lipinski definition) is 4. The van der Waals surface area contributed by atoms with Gasteiger partial charge < -0.3 is 15.2 Å². The number of carbonyl (C=O) groups is 1. The third-order valence-corrected chi connectivity index (χ3v) is 3.67. The summed E-state index contributed by atoms with van der Waals surface area (Å²) >= 11 is 5.85. The molecule has 122 valence electrons. The van der Waals surface area contributed by atoms with E-state index >= 15 is 0 Å². The van der Waals surface area contributed by atoms with Gasteiger partial charge in [-0.2, -0.15) is 0 Å². The van der Waals surface area contributed by atoms with Gasteiger partial charge in [0.15, 0.2) is 0 Å². The van der Waals surface area contributed by atoms with Gasteiger partial charge in [0.2, 0.25) is 0 Å². The SMILES string of the molecule is Cc1cc(CNc2ccccc2NC(=O)c2ccc(Cl)cc2)no1. The van der Waals surface area contributed by atoms with Gasteiger partial charge in [-0.3, -0.25) is 4.79 Å². The van der Waals surface area contributed by atoms with E-state index in [9.17, 15) is 4.79 Å². The van der Waals surface area contributed by atoms with E-state index in [1.165, 1.54) is 0 Å². The van der Waals surface area contributed by atoms with Crippen molar-refractivity contribution in [2.75, 3.05) is 10.6 Å². The van der Waals surface area contributed by atoms with Crippen molar-refractivity contribution < 1.29 is 9.32 Å². The number of nitrogens with one attached hydrogen (secondary N) is 2. The molecule has 0 unspecified atom stereocenters. The van der Waals surface area contributed by atoms with Gasteiger partial charge in [0.25, 0.3) is 5.91 Å². The van der Waals surface area contributed by atoms with Crippen LogP contribution >= 0.6 is 11.6 Å². The molecule has 3 rings (SSSR count). The fourth-order valence-corrected chi connectivity index (χ4v) is 2.36. The zero-order valence-corrected chi connectivity index (χ0v) is 13.8. The Balaban J connectivity index is 1.71. The molecule has 0 saturated carbocycles. The standard InChI is InChI=1S/C18H16ClN3O2/c1-12-10-15(22-24-12)11-20-16-4-2-3-5-17(16)21-18(23)13-6-8-14(19)9-7-13/h2-10,20H,11H2,1H3,(H,21,23). The Bertz CT molecular complexity index is 843. The fraction of sp³-hybridized carbons (Fsp3) is 0.111. The first-order valence-corrected chi connectivity index (χ1v) is 7.81. The quantitative estimate of drug-likeness (QED) is 0.717. The van der Waals surface area contributed by atoms with Crippen LogP contribution in [0, 0.1) is 6.92 Å². The Hall–Kier alpha value is -2.79. The fourth-order valence-electron chi connectivity index (χ4n) is 2.23. The lowest BCUT2D eigenvalue weighted by Gasteiger charge is -2.12. The van der Waals surface area contributed by atoms with Crippen molar-refractivity contribution in [1.82, 2.24) is 5.16 Å². The molecule has 0 bridgehead atoms. The Morgan fingerprint density at radius 1 is 1.12 bits per heavy atom. The number of benzene rings is 2. The van der Waals surface area contributed by atoms with Crippen LogP contribution in [-0.2, 0) is 6.54 Å². The molecule has 2 N–H and O–H groups in total. The summed E-state index contributed by atoms with van der Waals surface area (Å²) in [5, 5.41) is 10.7. The van der Waals surface area contributed by atoms with E-state index in [0.717, 1.165) is 17.1 Å². The number of halogens is 1. The van der Waals surface area contributed by atoms with E-state index in [4.69, 9.17) is 16.1 Å². The van der Waals surface area contributed by atoms with Crippen LogP contribution in [0.15, 0.2) is 59.1 Å². The molecule has 1 heterocycles. The Labute approximate surface area is 144 Å². The molecule has 2 aromatic carbocycles. The zero-order valence-electron chi connectivity index (χ0n) is 13.0. The van der Waals surface area contributed by atoms with Gasteiger partial charge >= 0.3 is 0 Å². The van der Waals surface area contributed by atoms with Crippen LogP contribution in [0.3, 0.4) is 0 Å². The minimum Gasteiger partial charge on any atom is -0.378 e. The van der Waals surface area contributed by atoms with Gasteiger partial charge in [-0.15, -0.1) is 0 Å². The second kappa shape index (κ2) is 7.19. The third kappa shape index (κ3) is 3.94. The predicted molar refractivity (Wildman–Crippen MR) is 94.4 cm³/mol. The zero-order chi connectivity index (χ0) is 16.9. The van der Waals surface area contributed by atoms with Gasteiger partial charge in [-0.05, 0) is 43.3 Å². The first-order chi connectivity index (χ1) is 11.6. The van der Waals surface area contributed by atoms with Crippen molar-refractivity contribution >= 4 is 28.9 Å². The lowest BCUT2D eigenvalue weighted by atomic mass is 10.2. The highest BCUT2D eigenvalue weighted by Crippen LogP contribution is 2.22. The van der Waals surface area contributed by atoms with Crippen molar-refractivity contribution in [1.29, 1.82) is 0 Å². The number of amides is 1. The van der Waals surface area contributed by atoms with Gasteiger partial charge in [0, 0.05) is 16.7 Å². The van der Waals surface area contributed by atoms with E-state index in [-0.39, 0.29) is 5.91 Å². The summed E-state index contributed by atoms with van der Waals surface area (Å²) < 4.78 is 5.04. The van der Waals surface area contributed by atoms with Crippen LogP contribution in [0.25, 0.3) is 0 Å². The molecule has 0 fully saturated rings. The maximum absolute atomic E-state index is 12.3. The molecular formula is C18H16ClN3O2. The van der Waals surface area contributed by atoms with E-state index in [1.807, 2.05) is 37.3 Å². The third-order valence-electron chi connectivity index (χ3n) is 3.42. The van der Waals surface area contributed by atoms with Crippen molar-refractivity contribution in [3.63, 3.8) is 0 Å². The van der Waals surface area contributed by atoms with Crippen LogP contribution in [0.4, 0.5) is 11.4 Å². The summed E-state index contributed by atoms with van der Waals surface area (Å²) in [6.07, 6.45) is 0. The molecule has 6 heteroatoms. The molecule has 24 heavy (non-hydrogen) atoms. The minimum atomic E-state index is -0.196. The highest BCUT2D eigenvalue weighted by molar-refractivity contribution is 6.30. The molecule has 0 aliphatic carbocycles.